The van der Waals surface area contributed by atoms with Crippen LogP contribution in [-0.2, 0) is 9.84 Å². The Bertz CT molecular complexity index is 401. The summed E-state index contributed by atoms with van der Waals surface area (Å²) >= 11 is 0. The Morgan fingerprint density at radius 1 is 1.19 bits per heavy atom. The van der Waals surface area contributed by atoms with E-state index < -0.39 is 9.84 Å². The molecule has 3 nitrogen and oxygen atoms in total. The van der Waals surface area contributed by atoms with E-state index in [2.05, 4.69) is 26.1 Å². The van der Waals surface area contributed by atoms with E-state index in [0.29, 0.717) is 16.6 Å². The molecule has 0 heterocycles. The Hall–Kier alpha value is -0.0900. The topological polar surface area (TPSA) is 46.2 Å². The van der Waals surface area contributed by atoms with Crippen LogP contribution < -0.4 is 5.32 Å². The van der Waals surface area contributed by atoms with Gasteiger partial charge >= 0.3 is 0 Å². The van der Waals surface area contributed by atoms with E-state index in [4.69, 9.17) is 0 Å². The van der Waals surface area contributed by atoms with Gasteiger partial charge in [-0.15, -0.1) is 0 Å². The minimum atomic E-state index is -2.82. The second-order valence-corrected chi connectivity index (χ2v) is 10.5. The Kier molecular flexibility index (Phi) is 6.73. The highest BCUT2D eigenvalue weighted by atomic mass is 32.2. The number of hydrogen-bond donors (Lipinski definition) is 1. The van der Waals surface area contributed by atoms with Crippen molar-refractivity contribution in [1.29, 1.82) is 0 Å². The Balaban J connectivity index is 2.57. The molecule has 1 aliphatic rings. The summed E-state index contributed by atoms with van der Waals surface area (Å²) in [5.74, 6) is 1.44. The van der Waals surface area contributed by atoms with Crippen LogP contribution in [-0.4, -0.2) is 33.5 Å². The zero-order valence-electron chi connectivity index (χ0n) is 14.7. The minimum Gasteiger partial charge on any atom is -0.319 e. The lowest BCUT2D eigenvalue weighted by atomic mass is 9.62. The minimum absolute atomic E-state index is 0.276. The fraction of sp³-hybridized carbons (Fsp3) is 1.00. The monoisotopic (exact) mass is 317 g/mol. The molecule has 0 aliphatic heterocycles. The van der Waals surface area contributed by atoms with Crippen LogP contribution in [0.5, 0.6) is 0 Å². The Morgan fingerprint density at radius 3 is 2.19 bits per heavy atom. The zero-order valence-corrected chi connectivity index (χ0v) is 15.5. The maximum absolute atomic E-state index is 11.7. The molecule has 0 spiro atoms. The Morgan fingerprint density at radius 2 is 1.76 bits per heavy atom. The normalized spacial score (nSPS) is 27.8. The molecule has 0 amide bonds. The van der Waals surface area contributed by atoms with Gasteiger partial charge < -0.3 is 5.32 Å². The largest absolute Gasteiger partial charge is 0.319 e. The molecule has 1 fully saturated rings. The number of sulfone groups is 1. The van der Waals surface area contributed by atoms with Crippen LogP contribution in [0.2, 0.25) is 0 Å². The van der Waals surface area contributed by atoms with Gasteiger partial charge in [0.2, 0.25) is 0 Å². The summed E-state index contributed by atoms with van der Waals surface area (Å²) in [5.41, 5.74) is 0.719. The molecule has 21 heavy (non-hydrogen) atoms. The van der Waals surface area contributed by atoms with E-state index >= 15 is 0 Å². The standard InChI is InChI=1S/C17H35NO2S/c1-6-21(19,20)13-7-10-17(14-18-5)11-8-15(9-12-17)16(2,3)4/h15,18H,6-14H2,1-5H3. The van der Waals surface area contributed by atoms with Crippen LogP contribution in [0, 0.1) is 16.7 Å². The highest BCUT2D eigenvalue weighted by Crippen LogP contribution is 2.47. The predicted molar refractivity (Wildman–Crippen MR) is 91.3 cm³/mol. The van der Waals surface area contributed by atoms with Crippen LogP contribution in [0.25, 0.3) is 0 Å². The number of hydrogen-bond acceptors (Lipinski definition) is 3. The second kappa shape index (κ2) is 7.45. The number of rotatable bonds is 7. The fourth-order valence-electron chi connectivity index (χ4n) is 3.80. The van der Waals surface area contributed by atoms with E-state index in [-0.39, 0.29) is 5.75 Å². The lowest BCUT2D eigenvalue weighted by Gasteiger charge is -2.44. The summed E-state index contributed by atoms with van der Waals surface area (Å²) in [6.45, 7) is 9.80. The van der Waals surface area contributed by atoms with Gasteiger partial charge in [-0.3, -0.25) is 0 Å². The van der Waals surface area contributed by atoms with Crippen molar-refractivity contribution >= 4 is 9.84 Å². The van der Waals surface area contributed by atoms with Gasteiger partial charge in [0.25, 0.3) is 0 Å². The third-order valence-corrected chi connectivity index (χ3v) is 7.22. The smallest absolute Gasteiger partial charge is 0.150 e. The first-order valence-electron chi connectivity index (χ1n) is 8.49. The molecule has 0 aromatic heterocycles. The summed E-state index contributed by atoms with van der Waals surface area (Å²) in [5, 5.41) is 3.34. The average molecular weight is 318 g/mol. The summed E-state index contributed by atoms with van der Waals surface area (Å²) in [7, 11) is -0.802. The lowest BCUT2D eigenvalue weighted by molar-refractivity contribution is 0.0807. The van der Waals surface area contributed by atoms with Crippen LogP contribution in [0.15, 0.2) is 0 Å². The molecule has 0 aromatic carbocycles. The van der Waals surface area contributed by atoms with Crippen LogP contribution >= 0.6 is 0 Å². The van der Waals surface area contributed by atoms with Gasteiger partial charge in [0.05, 0.1) is 5.75 Å². The molecule has 126 valence electrons. The summed E-state index contributed by atoms with van der Waals surface area (Å²) in [4.78, 5) is 0. The first kappa shape index (κ1) is 19.0. The first-order valence-corrected chi connectivity index (χ1v) is 10.3. The molecule has 0 bridgehead atoms. The van der Waals surface area contributed by atoms with Gasteiger partial charge in [0.15, 0.2) is 0 Å². The van der Waals surface area contributed by atoms with Crippen molar-refractivity contribution in [1.82, 2.24) is 5.32 Å². The molecule has 4 heteroatoms. The molecule has 1 aliphatic carbocycles. The quantitative estimate of drug-likeness (QED) is 0.779. The third-order valence-electron chi connectivity index (χ3n) is 5.43. The van der Waals surface area contributed by atoms with Crippen molar-refractivity contribution in [3.63, 3.8) is 0 Å². The molecule has 1 saturated carbocycles. The maximum atomic E-state index is 11.7. The van der Waals surface area contributed by atoms with Crippen LogP contribution in [0.4, 0.5) is 0 Å². The predicted octanol–water partition coefficient (Wildman–Crippen LogP) is 3.64. The van der Waals surface area contributed by atoms with E-state index in [9.17, 15) is 8.42 Å². The highest BCUT2D eigenvalue weighted by Gasteiger charge is 2.38. The van der Waals surface area contributed by atoms with Gasteiger partial charge in [-0.25, -0.2) is 8.42 Å². The summed E-state index contributed by atoms with van der Waals surface area (Å²) in [6.07, 6.45) is 6.91. The van der Waals surface area contributed by atoms with Crippen molar-refractivity contribution in [3.8, 4) is 0 Å². The summed E-state index contributed by atoms with van der Waals surface area (Å²) < 4.78 is 23.3. The SMILES string of the molecule is CCS(=O)(=O)CCCC1(CNC)CCC(C(C)(C)C)CC1. The second-order valence-electron chi connectivity index (χ2n) is 8.01. The molecular formula is C17H35NO2S. The van der Waals surface area contributed by atoms with E-state index in [1.807, 2.05) is 7.05 Å². The van der Waals surface area contributed by atoms with Crippen molar-refractivity contribution in [2.45, 2.75) is 66.2 Å². The zero-order chi connectivity index (χ0) is 16.1. The molecule has 0 aromatic rings. The maximum Gasteiger partial charge on any atom is 0.150 e. The van der Waals surface area contributed by atoms with Crippen molar-refractivity contribution in [2.75, 3.05) is 25.1 Å². The van der Waals surface area contributed by atoms with Gasteiger partial charge in [-0.05, 0) is 62.3 Å². The van der Waals surface area contributed by atoms with E-state index in [1.54, 1.807) is 6.92 Å². The average Bonchev–Trinajstić information content (AvgIpc) is 2.38. The van der Waals surface area contributed by atoms with Crippen molar-refractivity contribution < 1.29 is 8.42 Å². The van der Waals surface area contributed by atoms with E-state index in [1.165, 1.54) is 25.7 Å². The molecule has 0 unspecified atom stereocenters. The molecule has 0 saturated heterocycles. The molecule has 1 N–H and O–H groups in total. The van der Waals surface area contributed by atoms with Gasteiger partial charge in [0, 0.05) is 12.3 Å². The third kappa shape index (κ3) is 5.90. The molecular weight excluding hydrogens is 282 g/mol. The van der Waals surface area contributed by atoms with E-state index in [0.717, 1.165) is 25.3 Å². The highest BCUT2D eigenvalue weighted by molar-refractivity contribution is 7.91. The summed E-state index contributed by atoms with van der Waals surface area (Å²) in [6, 6.07) is 0. The van der Waals surface area contributed by atoms with Gasteiger partial charge in [-0.2, -0.15) is 0 Å². The van der Waals surface area contributed by atoms with Crippen molar-refractivity contribution in [3.05, 3.63) is 0 Å². The van der Waals surface area contributed by atoms with Crippen LogP contribution in [0.1, 0.15) is 66.2 Å². The fourth-order valence-corrected chi connectivity index (χ4v) is 4.67. The van der Waals surface area contributed by atoms with Gasteiger partial charge in [-0.1, -0.05) is 27.7 Å². The number of nitrogens with one attached hydrogen (secondary N) is 1. The molecule has 0 radical (unpaired) electrons. The Labute approximate surface area is 132 Å². The van der Waals surface area contributed by atoms with Gasteiger partial charge in [0.1, 0.15) is 9.84 Å². The van der Waals surface area contributed by atoms with Crippen LogP contribution in [0.3, 0.4) is 0 Å². The first-order chi connectivity index (χ1) is 9.64. The molecule has 1 rings (SSSR count). The van der Waals surface area contributed by atoms with Crippen molar-refractivity contribution in [2.24, 2.45) is 16.7 Å². The molecule has 0 atom stereocenters. The lowest BCUT2D eigenvalue weighted by Crippen LogP contribution is -2.39.